The molecule has 5 aromatic rings. The smallest absolute Gasteiger partial charge is 0.120 e. The Morgan fingerprint density at radius 1 is 0.889 bits per heavy atom. The molecule has 2 N–H and O–H groups in total. The molecule has 0 aliphatic rings. The van der Waals surface area contributed by atoms with E-state index in [-0.39, 0.29) is 6.04 Å². The van der Waals surface area contributed by atoms with Crippen molar-refractivity contribution in [1.29, 1.82) is 0 Å². The monoisotopic (exact) mass is 496 g/mol. The Kier molecular flexibility index (Phi) is 7.38. The highest BCUT2D eigenvalue weighted by Gasteiger charge is 2.25. The molecule has 0 unspecified atom stereocenters. The van der Waals surface area contributed by atoms with Crippen LogP contribution in [0, 0.1) is 0 Å². The van der Waals surface area contributed by atoms with Crippen LogP contribution in [0.1, 0.15) is 17.2 Å². The molecule has 1 aromatic heterocycles. The van der Waals surface area contributed by atoms with Gasteiger partial charge in [0.05, 0.1) is 12.1 Å². The van der Waals surface area contributed by atoms with Gasteiger partial charge in [0.2, 0.25) is 0 Å². The maximum Gasteiger partial charge on any atom is 0.120 e. The lowest BCUT2D eigenvalue weighted by atomic mass is 10.0. The number of hydrogen-bond donors (Lipinski definition) is 2. The molecule has 4 aromatic carbocycles. The van der Waals surface area contributed by atoms with Crippen molar-refractivity contribution in [3.05, 3.63) is 125 Å². The van der Waals surface area contributed by atoms with E-state index in [4.69, 9.17) is 16.3 Å². The number of likely N-dealkylation sites (N-methyl/N-ethyl adjacent to an activating group) is 1. The fourth-order valence-electron chi connectivity index (χ4n) is 4.69. The molecule has 0 aliphatic carbocycles. The fraction of sp³-hybridized carbons (Fsp3) is 0.161. The van der Waals surface area contributed by atoms with E-state index in [1.54, 1.807) is 0 Å². The standard InChI is InChI=1S/C31H29ClN2O2/c1-33-19-30(35)31(24-10-6-3-7-11-24)34-20-28(23-8-4-2-5-9-23)27-18-26(16-17-29(27)34)36-21-22-12-14-25(32)15-13-22/h2-18,20,30-31,33,35H,19,21H2,1H3/t30-,31+/m1/s1. The number of halogens is 1. The van der Waals surface area contributed by atoms with Gasteiger partial charge in [0.15, 0.2) is 0 Å². The summed E-state index contributed by atoms with van der Waals surface area (Å²) < 4.78 is 8.35. The Morgan fingerprint density at radius 2 is 1.58 bits per heavy atom. The molecule has 0 saturated heterocycles. The Bertz CT molecular complexity index is 1420. The van der Waals surface area contributed by atoms with Crippen LogP contribution in [0.15, 0.2) is 109 Å². The molecule has 0 bridgehead atoms. The summed E-state index contributed by atoms with van der Waals surface area (Å²) in [7, 11) is 1.86. The lowest BCUT2D eigenvalue weighted by Crippen LogP contribution is -2.33. The van der Waals surface area contributed by atoms with Crippen LogP contribution in [0.25, 0.3) is 22.0 Å². The molecule has 1 heterocycles. The minimum atomic E-state index is -0.613. The predicted octanol–water partition coefficient (Wildman–Crippen LogP) is 6.71. The van der Waals surface area contributed by atoms with Gasteiger partial charge < -0.3 is 19.7 Å². The highest BCUT2D eigenvalue weighted by molar-refractivity contribution is 6.30. The lowest BCUT2D eigenvalue weighted by molar-refractivity contribution is 0.132. The molecule has 0 aliphatic heterocycles. The molecule has 36 heavy (non-hydrogen) atoms. The van der Waals surface area contributed by atoms with Crippen LogP contribution in [0.2, 0.25) is 5.02 Å². The topological polar surface area (TPSA) is 46.4 Å². The first kappa shape index (κ1) is 24.1. The van der Waals surface area contributed by atoms with E-state index >= 15 is 0 Å². The minimum absolute atomic E-state index is 0.251. The quantitative estimate of drug-likeness (QED) is 0.238. The molecule has 0 spiro atoms. The van der Waals surface area contributed by atoms with Crippen molar-refractivity contribution in [2.45, 2.75) is 18.8 Å². The van der Waals surface area contributed by atoms with Gasteiger partial charge in [-0.2, -0.15) is 0 Å². The highest BCUT2D eigenvalue weighted by Crippen LogP contribution is 2.37. The van der Waals surface area contributed by atoms with E-state index in [0.29, 0.717) is 18.2 Å². The van der Waals surface area contributed by atoms with Crippen molar-refractivity contribution < 1.29 is 9.84 Å². The van der Waals surface area contributed by atoms with E-state index in [9.17, 15) is 5.11 Å². The second-order valence-corrected chi connectivity index (χ2v) is 9.33. The molecular weight excluding hydrogens is 468 g/mol. The number of nitrogens with zero attached hydrogens (tertiary/aromatic N) is 1. The van der Waals surface area contributed by atoms with Gasteiger partial charge in [-0.25, -0.2) is 0 Å². The first-order valence-corrected chi connectivity index (χ1v) is 12.5. The molecule has 0 amide bonds. The second kappa shape index (κ2) is 11.0. The van der Waals surface area contributed by atoms with E-state index in [2.05, 4.69) is 52.5 Å². The summed E-state index contributed by atoms with van der Waals surface area (Å²) in [4.78, 5) is 0. The van der Waals surface area contributed by atoms with Crippen LogP contribution in [-0.2, 0) is 6.61 Å². The summed E-state index contributed by atoms with van der Waals surface area (Å²) in [6.07, 6.45) is 1.54. The molecule has 0 fully saturated rings. The first-order valence-electron chi connectivity index (χ1n) is 12.1. The van der Waals surface area contributed by atoms with Crippen molar-refractivity contribution in [2.24, 2.45) is 0 Å². The van der Waals surface area contributed by atoms with Crippen LogP contribution < -0.4 is 10.1 Å². The molecule has 2 atom stereocenters. The van der Waals surface area contributed by atoms with Crippen molar-refractivity contribution in [3.63, 3.8) is 0 Å². The van der Waals surface area contributed by atoms with Crippen LogP contribution in [-0.4, -0.2) is 29.4 Å². The third-order valence-corrected chi connectivity index (χ3v) is 6.68. The summed E-state index contributed by atoms with van der Waals surface area (Å²) in [5.74, 6) is 0.791. The Labute approximate surface area is 216 Å². The van der Waals surface area contributed by atoms with E-state index in [1.807, 2.05) is 73.8 Å². The van der Waals surface area contributed by atoms with E-state index < -0.39 is 6.10 Å². The van der Waals surface area contributed by atoms with Crippen LogP contribution in [0.3, 0.4) is 0 Å². The van der Waals surface area contributed by atoms with Crippen LogP contribution in [0.4, 0.5) is 0 Å². The molecule has 4 nitrogen and oxygen atoms in total. The van der Waals surface area contributed by atoms with Crippen LogP contribution >= 0.6 is 11.6 Å². The SMILES string of the molecule is CNC[C@@H](O)[C@H](c1ccccc1)n1cc(-c2ccccc2)c2cc(OCc3ccc(Cl)cc3)ccc21. The number of aromatic nitrogens is 1. The second-order valence-electron chi connectivity index (χ2n) is 8.89. The number of rotatable bonds is 9. The summed E-state index contributed by atoms with van der Waals surface area (Å²) in [6, 6.07) is 34.1. The van der Waals surface area contributed by atoms with Gasteiger partial charge in [0, 0.05) is 34.2 Å². The van der Waals surface area contributed by atoms with Gasteiger partial charge in [-0.15, -0.1) is 0 Å². The van der Waals surface area contributed by atoms with Crippen molar-refractivity contribution in [1.82, 2.24) is 9.88 Å². The first-order chi connectivity index (χ1) is 17.6. The number of aliphatic hydroxyl groups is 1. The van der Waals surface area contributed by atoms with Crippen molar-refractivity contribution >= 4 is 22.5 Å². The van der Waals surface area contributed by atoms with Gasteiger partial charge >= 0.3 is 0 Å². The van der Waals surface area contributed by atoms with Gasteiger partial charge in [0.25, 0.3) is 0 Å². The summed E-state index contributed by atoms with van der Waals surface area (Å²) >= 11 is 6.02. The number of fused-ring (bicyclic) bond motifs is 1. The summed E-state index contributed by atoms with van der Waals surface area (Å²) in [5, 5.41) is 16.1. The number of aliphatic hydroxyl groups excluding tert-OH is 1. The normalized spacial score (nSPS) is 13.0. The van der Waals surface area contributed by atoms with Gasteiger partial charge in [-0.05, 0) is 54.1 Å². The lowest BCUT2D eigenvalue weighted by Gasteiger charge is -2.26. The highest BCUT2D eigenvalue weighted by atomic mass is 35.5. The van der Waals surface area contributed by atoms with Gasteiger partial charge in [-0.1, -0.05) is 84.4 Å². The molecule has 5 heteroatoms. The zero-order valence-corrected chi connectivity index (χ0v) is 20.9. The maximum atomic E-state index is 11.2. The number of benzene rings is 4. The Morgan fingerprint density at radius 3 is 2.28 bits per heavy atom. The van der Waals surface area contributed by atoms with E-state index in [1.165, 1.54) is 0 Å². The average Bonchev–Trinajstić information content (AvgIpc) is 3.28. The zero-order valence-electron chi connectivity index (χ0n) is 20.1. The number of hydrogen-bond acceptors (Lipinski definition) is 3. The molecule has 0 saturated carbocycles. The van der Waals surface area contributed by atoms with Gasteiger partial charge in [0.1, 0.15) is 12.4 Å². The predicted molar refractivity (Wildman–Crippen MR) is 148 cm³/mol. The molecule has 0 radical (unpaired) electrons. The third-order valence-electron chi connectivity index (χ3n) is 6.43. The third kappa shape index (κ3) is 5.17. The number of nitrogens with one attached hydrogen (secondary N) is 1. The summed E-state index contributed by atoms with van der Waals surface area (Å²) in [6.45, 7) is 0.930. The number of ether oxygens (including phenoxy) is 1. The van der Waals surface area contributed by atoms with Crippen LogP contribution in [0.5, 0.6) is 5.75 Å². The van der Waals surface area contributed by atoms with Crippen molar-refractivity contribution in [2.75, 3.05) is 13.6 Å². The zero-order chi connectivity index (χ0) is 24.9. The maximum absolute atomic E-state index is 11.2. The molecule has 182 valence electrons. The van der Waals surface area contributed by atoms with E-state index in [0.717, 1.165) is 38.9 Å². The molecular formula is C31H29ClN2O2. The largest absolute Gasteiger partial charge is 0.489 e. The van der Waals surface area contributed by atoms with Crippen molar-refractivity contribution in [3.8, 4) is 16.9 Å². The average molecular weight is 497 g/mol. The fourth-order valence-corrected chi connectivity index (χ4v) is 4.81. The summed E-state index contributed by atoms with van der Waals surface area (Å²) in [5.41, 5.74) is 5.36. The van der Waals surface area contributed by atoms with Gasteiger partial charge in [-0.3, -0.25) is 0 Å². The Hall–Kier alpha value is -3.57. The Balaban J connectivity index is 1.60. The minimum Gasteiger partial charge on any atom is -0.489 e. The molecule has 5 rings (SSSR count).